The molecule has 1 aliphatic heterocycles. The lowest BCUT2D eigenvalue weighted by atomic mass is 10.1. The molecule has 3 aromatic rings. The molecule has 1 amide bonds. The number of benzene rings is 2. The van der Waals surface area contributed by atoms with E-state index in [9.17, 15) is 4.79 Å². The van der Waals surface area contributed by atoms with Crippen molar-refractivity contribution in [2.45, 2.75) is 33.2 Å². The van der Waals surface area contributed by atoms with Crippen LogP contribution >= 0.6 is 0 Å². The minimum atomic E-state index is 0.0343. The highest BCUT2D eigenvalue weighted by atomic mass is 16.4. The minimum absolute atomic E-state index is 0.0343. The first-order chi connectivity index (χ1) is 15.5. The largest absolute Gasteiger partial charge is 0.419 e. The van der Waals surface area contributed by atoms with Crippen LogP contribution in [0.15, 0.2) is 52.9 Å². The lowest BCUT2D eigenvalue weighted by Gasteiger charge is -2.36. The highest BCUT2D eigenvalue weighted by molar-refractivity contribution is 5.93. The van der Waals surface area contributed by atoms with Crippen LogP contribution in [-0.4, -0.2) is 58.6 Å². The first kappa shape index (κ1) is 22.2. The van der Waals surface area contributed by atoms with Crippen LogP contribution in [0.5, 0.6) is 0 Å². The van der Waals surface area contributed by atoms with Gasteiger partial charge in [-0.15, -0.1) is 10.2 Å². The number of amides is 1. The average molecular weight is 434 g/mol. The summed E-state index contributed by atoms with van der Waals surface area (Å²) in [6.45, 7) is 9.99. The van der Waals surface area contributed by atoms with Gasteiger partial charge in [-0.25, -0.2) is 0 Å². The van der Waals surface area contributed by atoms with Gasteiger partial charge < -0.3 is 9.73 Å². The molecule has 2 heterocycles. The van der Waals surface area contributed by atoms with Crippen molar-refractivity contribution in [2.24, 2.45) is 0 Å². The maximum atomic E-state index is 12.5. The van der Waals surface area contributed by atoms with Crippen LogP contribution in [0.1, 0.15) is 36.9 Å². The third kappa shape index (κ3) is 5.23. The number of nitrogens with one attached hydrogen (secondary N) is 1. The Morgan fingerprint density at radius 1 is 1.09 bits per heavy atom. The van der Waals surface area contributed by atoms with Crippen LogP contribution < -0.4 is 5.32 Å². The van der Waals surface area contributed by atoms with Crippen molar-refractivity contribution in [3.8, 4) is 11.5 Å². The van der Waals surface area contributed by atoms with Crippen LogP contribution in [0.25, 0.3) is 11.5 Å². The van der Waals surface area contributed by atoms with E-state index >= 15 is 0 Å². The van der Waals surface area contributed by atoms with Gasteiger partial charge in [0.1, 0.15) is 0 Å². The van der Waals surface area contributed by atoms with Crippen molar-refractivity contribution in [1.29, 1.82) is 0 Å². The van der Waals surface area contributed by atoms with Crippen LogP contribution in [0, 0.1) is 6.92 Å². The minimum Gasteiger partial charge on any atom is -0.419 e. The number of carbonyl (C=O) groups excluding carboxylic acids is 1. The summed E-state index contributed by atoms with van der Waals surface area (Å²) in [5.41, 5.74) is 4.17. The highest BCUT2D eigenvalue weighted by Gasteiger charge is 2.26. The zero-order chi connectivity index (χ0) is 22.5. The Morgan fingerprint density at radius 2 is 1.88 bits per heavy atom. The third-order valence-corrected chi connectivity index (χ3v) is 6.06. The van der Waals surface area contributed by atoms with E-state index in [1.54, 1.807) is 0 Å². The molecule has 7 nitrogen and oxygen atoms in total. The molecule has 1 aromatic heterocycles. The van der Waals surface area contributed by atoms with Gasteiger partial charge in [-0.1, -0.05) is 42.8 Å². The van der Waals surface area contributed by atoms with Crippen LogP contribution in [-0.2, 0) is 11.2 Å². The van der Waals surface area contributed by atoms with Crippen LogP contribution in [0.3, 0.4) is 0 Å². The molecule has 1 fully saturated rings. The Labute approximate surface area is 189 Å². The molecule has 1 N–H and O–H groups in total. The fourth-order valence-corrected chi connectivity index (χ4v) is 4.11. The van der Waals surface area contributed by atoms with E-state index in [1.807, 2.05) is 49.4 Å². The van der Waals surface area contributed by atoms with Crippen molar-refractivity contribution in [3.63, 3.8) is 0 Å². The molecule has 7 heteroatoms. The number of aryl methyl sites for hydroxylation is 2. The summed E-state index contributed by atoms with van der Waals surface area (Å²) >= 11 is 0. The molecule has 1 aliphatic rings. The standard InChI is InChI=1S/C25H31N5O2/c1-4-20-9-5-6-11-22(20)26-23(31)17-29-12-14-30(15-13-29)19(3)24-27-28-25(32-24)21-10-7-8-18(2)16-21/h5-11,16,19H,4,12-15,17H2,1-3H3,(H,26,31)/t19-/m1/s1. The van der Waals surface area contributed by atoms with Gasteiger partial charge in [0.15, 0.2) is 0 Å². The predicted octanol–water partition coefficient (Wildman–Crippen LogP) is 3.92. The maximum absolute atomic E-state index is 12.5. The summed E-state index contributed by atoms with van der Waals surface area (Å²) in [6.07, 6.45) is 0.897. The van der Waals surface area contributed by atoms with Gasteiger partial charge >= 0.3 is 0 Å². The Kier molecular flexibility index (Phi) is 6.97. The predicted molar refractivity (Wildman–Crippen MR) is 125 cm³/mol. The van der Waals surface area contributed by atoms with Gasteiger partial charge in [-0.3, -0.25) is 14.6 Å². The molecule has 0 aliphatic carbocycles. The second-order valence-corrected chi connectivity index (χ2v) is 8.36. The SMILES string of the molecule is CCc1ccccc1NC(=O)CN1CCN([C@H](C)c2nnc(-c3cccc(C)c3)o2)CC1. The maximum Gasteiger partial charge on any atom is 0.247 e. The number of anilines is 1. The number of nitrogens with zero attached hydrogens (tertiary/aromatic N) is 4. The van der Waals surface area contributed by atoms with E-state index in [-0.39, 0.29) is 11.9 Å². The molecule has 0 unspecified atom stereocenters. The molecular formula is C25H31N5O2. The van der Waals surface area contributed by atoms with Gasteiger partial charge in [-0.2, -0.15) is 0 Å². The summed E-state index contributed by atoms with van der Waals surface area (Å²) < 4.78 is 5.98. The summed E-state index contributed by atoms with van der Waals surface area (Å²) in [5.74, 6) is 1.22. The van der Waals surface area contributed by atoms with Crippen LogP contribution in [0.2, 0.25) is 0 Å². The van der Waals surface area contributed by atoms with Gasteiger partial charge in [0.25, 0.3) is 0 Å². The summed E-state index contributed by atoms with van der Waals surface area (Å²) in [7, 11) is 0. The second-order valence-electron chi connectivity index (χ2n) is 8.36. The van der Waals surface area contributed by atoms with E-state index in [4.69, 9.17) is 4.42 Å². The number of hydrogen-bond donors (Lipinski definition) is 1. The molecule has 0 spiro atoms. The number of carbonyl (C=O) groups is 1. The monoisotopic (exact) mass is 433 g/mol. The lowest BCUT2D eigenvalue weighted by molar-refractivity contribution is -0.117. The smallest absolute Gasteiger partial charge is 0.247 e. The zero-order valence-corrected chi connectivity index (χ0v) is 19.0. The first-order valence-electron chi connectivity index (χ1n) is 11.3. The van der Waals surface area contributed by atoms with Crippen molar-refractivity contribution in [2.75, 3.05) is 38.0 Å². The molecule has 1 atom stereocenters. The van der Waals surface area contributed by atoms with E-state index in [1.165, 1.54) is 0 Å². The fraction of sp³-hybridized carbons (Fsp3) is 0.400. The summed E-state index contributed by atoms with van der Waals surface area (Å²) in [6, 6.07) is 16.1. The van der Waals surface area contributed by atoms with E-state index in [2.05, 4.69) is 45.2 Å². The number of piperazine rings is 1. The van der Waals surface area contributed by atoms with Gasteiger partial charge in [0.05, 0.1) is 12.6 Å². The van der Waals surface area contributed by atoms with Gasteiger partial charge in [-0.05, 0) is 44.0 Å². The Bertz CT molecular complexity index is 1060. The molecule has 1 saturated heterocycles. The average Bonchev–Trinajstić information content (AvgIpc) is 3.30. The molecule has 168 valence electrons. The Hall–Kier alpha value is -3.03. The number of aromatic nitrogens is 2. The summed E-state index contributed by atoms with van der Waals surface area (Å²) in [4.78, 5) is 17.1. The van der Waals surface area contributed by atoms with E-state index in [0.717, 1.165) is 55.0 Å². The van der Waals surface area contributed by atoms with E-state index in [0.29, 0.717) is 18.3 Å². The summed E-state index contributed by atoms with van der Waals surface area (Å²) in [5, 5.41) is 11.6. The molecular weight excluding hydrogens is 402 g/mol. The van der Waals surface area contributed by atoms with Crippen molar-refractivity contribution in [1.82, 2.24) is 20.0 Å². The topological polar surface area (TPSA) is 74.5 Å². The van der Waals surface area contributed by atoms with Gasteiger partial charge in [0, 0.05) is 37.4 Å². The third-order valence-electron chi connectivity index (χ3n) is 6.06. The molecule has 0 bridgehead atoms. The Balaban J connectivity index is 1.29. The molecule has 0 radical (unpaired) electrons. The van der Waals surface area contributed by atoms with E-state index < -0.39 is 0 Å². The fourth-order valence-electron chi connectivity index (χ4n) is 4.11. The van der Waals surface area contributed by atoms with Crippen molar-refractivity contribution >= 4 is 11.6 Å². The van der Waals surface area contributed by atoms with Crippen LogP contribution in [0.4, 0.5) is 5.69 Å². The first-order valence-corrected chi connectivity index (χ1v) is 11.3. The molecule has 0 saturated carbocycles. The molecule has 2 aromatic carbocycles. The number of rotatable bonds is 7. The zero-order valence-electron chi connectivity index (χ0n) is 19.0. The Morgan fingerprint density at radius 3 is 2.62 bits per heavy atom. The molecule has 4 rings (SSSR count). The molecule has 32 heavy (non-hydrogen) atoms. The van der Waals surface area contributed by atoms with Gasteiger partial charge in [0.2, 0.25) is 17.7 Å². The highest BCUT2D eigenvalue weighted by Crippen LogP contribution is 2.25. The normalized spacial score (nSPS) is 16.1. The number of para-hydroxylation sites is 1. The lowest BCUT2D eigenvalue weighted by Crippen LogP contribution is -2.49. The quantitative estimate of drug-likeness (QED) is 0.609. The second kappa shape index (κ2) is 10.1. The van der Waals surface area contributed by atoms with Crippen molar-refractivity contribution in [3.05, 3.63) is 65.5 Å². The van der Waals surface area contributed by atoms with Crippen molar-refractivity contribution < 1.29 is 9.21 Å². The number of hydrogen-bond acceptors (Lipinski definition) is 6.